The second-order valence-electron chi connectivity index (χ2n) is 5.16. The Hall–Kier alpha value is -2.12. The molecule has 0 saturated carbocycles. The van der Waals surface area contributed by atoms with E-state index in [9.17, 15) is 19.7 Å². The lowest BCUT2D eigenvalue weighted by Crippen LogP contribution is -2.34. The molecule has 0 aromatic heterocycles. The normalized spacial score (nSPS) is 11.7. The Morgan fingerprint density at radius 1 is 1.33 bits per heavy atom. The Morgan fingerprint density at radius 2 is 1.95 bits per heavy atom. The third-order valence-corrected chi connectivity index (χ3v) is 2.02. The van der Waals surface area contributed by atoms with Gasteiger partial charge in [0.25, 0.3) is 0 Å². The van der Waals surface area contributed by atoms with Crippen LogP contribution in [0.1, 0.15) is 40.5 Å². The number of esters is 1. The monoisotopic (exact) mass is 302 g/mol. The molecule has 1 N–H and O–H groups in total. The first-order valence-electron chi connectivity index (χ1n) is 6.64. The van der Waals surface area contributed by atoms with E-state index in [0.29, 0.717) is 0 Å². The lowest BCUT2D eigenvalue weighted by Gasteiger charge is -2.20. The topological polar surface area (TPSA) is 108 Å². The van der Waals surface area contributed by atoms with Crippen LogP contribution < -0.4 is 5.32 Å². The van der Waals surface area contributed by atoms with Crippen molar-refractivity contribution < 1.29 is 24.0 Å². The molecule has 0 saturated heterocycles. The van der Waals surface area contributed by atoms with Crippen LogP contribution in [0.4, 0.5) is 4.79 Å². The van der Waals surface area contributed by atoms with Crippen molar-refractivity contribution in [2.75, 3.05) is 13.2 Å². The minimum Gasteiger partial charge on any atom is -0.461 e. The Balaban J connectivity index is 4.66. The molecule has 0 aliphatic heterocycles. The summed E-state index contributed by atoms with van der Waals surface area (Å²) in [6, 6.07) is 0. The van der Waals surface area contributed by atoms with Crippen molar-refractivity contribution in [2.45, 2.75) is 46.1 Å². The van der Waals surface area contributed by atoms with Gasteiger partial charge in [0.1, 0.15) is 11.3 Å². The molecule has 0 radical (unpaired) electrons. The van der Waals surface area contributed by atoms with Crippen LogP contribution in [0.3, 0.4) is 0 Å². The molecule has 0 aliphatic rings. The summed E-state index contributed by atoms with van der Waals surface area (Å²) < 4.78 is 9.84. The van der Waals surface area contributed by atoms with E-state index in [1.165, 1.54) is 6.08 Å². The summed E-state index contributed by atoms with van der Waals surface area (Å²) in [5.74, 6) is -0.704. The minimum absolute atomic E-state index is 0.0746. The molecule has 0 unspecified atom stereocenters. The number of amides is 1. The Bertz CT molecular complexity index is 411. The molecule has 0 atom stereocenters. The van der Waals surface area contributed by atoms with Crippen LogP contribution >= 0.6 is 0 Å². The van der Waals surface area contributed by atoms with Crippen LogP contribution in [0, 0.1) is 10.1 Å². The molecule has 8 heteroatoms. The van der Waals surface area contributed by atoms with Crippen molar-refractivity contribution in [3.8, 4) is 0 Å². The van der Waals surface area contributed by atoms with Gasteiger partial charge in [-0.25, -0.2) is 9.59 Å². The molecule has 0 heterocycles. The van der Waals surface area contributed by atoms with Gasteiger partial charge in [-0.05, 0) is 34.1 Å². The van der Waals surface area contributed by atoms with Gasteiger partial charge < -0.3 is 9.47 Å². The van der Waals surface area contributed by atoms with Crippen molar-refractivity contribution in [3.63, 3.8) is 0 Å². The number of carbonyl (C=O) groups excluding carboxylic acids is 2. The first-order chi connectivity index (χ1) is 9.65. The van der Waals surface area contributed by atoms with Gasteiger partial charge in [-0.2, -0.15) is 0 Å². The van der Waals surface area contributed by atoms with E-state index < -0.39 is 22.6 Å². The molecule has 0 fully saturated rings. The Labute approximate surface area is 123 Å². The molecule has 21 heavy (non-hydrogen) atoms. The fraction of sp³-hybridized carbons (Fsp3) is 0.692. The van der Waals surface area contributed by atoms with Crippen LogP contribution in [-0.4, -0.2) is 35.7 Å². The van der Waals surface area contributed by atoms with Crippen LogP contribution in [0.15, 0.2) is 11.8 Å². The van der Waals surface area contributed by atoms with Crippen LogP contribution in [0.5, 0.6) is 0 Å². The predicted molar refractivity (Wildman–Crippen MR) is 75.2 cm³/mol. The number of unbranched alkanes of at least 4 members (excludes halogenated alkanes) is 1. The molecule has 0 aromatic carbocycles. The molecule has 0 spiro atoms. The summed E-state index contributed by atoms with van der Waals surface area (Å²) in [7, 11) is 0. The fourth-order valence-corrected chi connectivity index (χ4v) is 1.27. The van der Waals surface area contributed by atoms with Crippen molar-refractivity contribution >= 4 is 12.1 Å². The number of allylic oxidation sites excluding steroid dienone is 1. The highest BCUT2D eigenvalue weighted by atomic mass is 16.6. The molecule has 120 valence electrons. The summed E-state index contributed by atoms with van der Waals surface area (Å²) in [5.41, 5.74) is -0.774. The molecule has 0 rings (SSSR count). The van der Waals surface area contributed by atoms with Crippen LogP contribution in [-0.2, 0) is 14.3 Å². The van der Waals surface area contributed by atoms with Gasteiger partial charge in [-0.15, -0.1) is 0 Å². The molecule has 0 aromatic rings. The van der Waals surface area contributed by atoms with Crippen molar-refractivity contribution in [1.82, 2.24) is 5.32 Å². The minimum atomic E-state index is -0.781. The second kappa shape index (κ2) is 8.93. The highest BCUT2D eigenvalue weighted by molar-refractivity contribution is 5.92. The third-order valence-electron chi connectivity index (χ3n) is 2.02. The van der Waals surface area contributed by atoms with Crippen molar-refractivity contribution in [3.05, 3.63) is 21.9 Å². The van der Waals surface area contributed by atoms with Crippen molar-refractivity contribution in [1.29, 1.82) is 0 Å². The van der Waals surface area contributed by atoms with Gasteiger partial charge in [-0.3, -0.25) is 15.4 Å². The third kappa shape index (κ3) is 10.3. The second-order valence-corrected chi connectivity index (χ2v) is 5.16. The largest absolute Gasteiger partial charge is 0.461 e. The van der Waals surface area contributed by atoms with E-state index in [2.05, 4.69) is 5.32 Å². The number of carbonyl (C=O) groups is 2. The Kier molecular flexibility index (Phi) is 8.03. The molecular formula is C13H22N2O6. The maximum absolute atomic E-state index is 11.7. The summed E-state index contributed by atoms with van der Waals surface area (Å²) in [6.07, 6.45) is 1.14. The number of rotatable bonds is 7. The number of nitrogens with zero attached hydrogens (tertiary/aromatic N) is 1. The number of hydrogen-bond donors (Lipinski definition) is 1. The lowest BCUT2D eigenvalue weighted by atomic mass is 10.2. The Morgan fingerprint density at radius 3 is 2.43 bits per heavy atom. The average Bonchev–Trinajstić information content (AvgIpc) is 2.30. The van der Waals surface area contributed by atoms with Crippen LogP contribution in [0.25, 0.3) is 0 Å². The van der Waals surface area contributed by atoms with Crippen LogP contribution in [0.2, 0.25) is 0 Å². The standard InChI is InChI=1S/C13H22N2O6/c1-5-20-11(16)10(8-6-7-9-15(18)19)14-12(17)21-13(2,3)4/h8H,5-7,9H2,1-4H3,(H,14,17)/b10-8-. The van der Waals surface area contributed by atoms with E-state index in [1.807, 2.05) is 0 Å². The molecule has 1 amide bonds. The van der Waals surface area contributed by atoms with Crippen molar-refractivity contribution in [2.24, 2.45) is 0 Å². The quantitative estimate of drug-likeness (QED) is 0.253. The highest BCUT2D eigenvalue weighted by Gasteiger charge is 2.20. The van der Waals surface area contributed by atoms with E-state index in [4.69, 9.17) is 9.47 Å². The zero-order valence-electron chi connectivity index (χ0n) is 12.8. The lowest BCUT2D eigenvalue weighted by molar-refractivity contribution is -0.480. The SMILES string of the molecule is CCOC(=O)/C(=C/CCC[N+](=O)[O-])NC(=O)OC(C)(C)C. The molecule has 0 bridgehead atoms. The van der Waals surface area contributed by atoms with Gasteiger partial charge in [0, 0.05) is 11.3 Å². The summed E-state index contributed by atoms with van der Waals surface area (Å²) in [5, 5.41) is 12.5. The number of nitro groups is 1. The predicted octanol–water partition coefficient (Wildman–Crippen LogP) is 2.02. The number of ether oxygens (including phenoxy) is 2. The van der Waals surface area contributed by atoms with E-state index in [-0.39, 0.29) is 31.7 Å². The fourth-order valence-electron chi connectivity index (χ4n) is 1.27. The number of alkyl carbamates (subject to hydrolysis) is 1. The van der Waals surface area contributed by atoms with Gasteiger partial charge in [0.05, 0.1) is 6.61 Å². The summed E-state index contributed by atoms with van der Waals surface area (Å²) >= 11 is 0. The van der Waals surface area contributed by atoms with E-state index in [0.717, 1.165) is 0 Å². The summed E-state index contributed by atoms with van der Waals surface area (Å²) in [4.78, 5) is 33.1. The smallest absolute Gasteiger partial charge is 0.412 e. The van der Waals surface area contributed by atoms with Gasteiger partial charge in [0.15, 0.2) is 0 Å². The maximum Gasteiger partial charge on any atom is 0.412 e. The summed E-state index contributed by atoms with van der Waals surface area (Å²) in [6.45, 7) is 6.65. The average molecular weight is 302 g/mol. The first kappa shape index (κ1) is 18.9. The van der Waals surface area contributed by atoms with E-state index in [1.54, 1.807) is 27.7 Å². The van der Waals surface area contributed by atoms with Gasteiger partial charge in [-0.1, -0.05) is 6.08 Å². The zero-order valence-corrected chi connectivity index (χ0v) is 12.8. The molecule has 0 aliphatic carbocycles. The number of nitrogens with one attached hydrogen (secondary N) is 1. The maximum atomic E-state index is 11.7. The molecular weight excluding hydrogens is 280 g/mol. The molecule has 8 nitrogen and oxygen atoms in total. The number of hydrogen-bond acceptors (Lipinski definition) is 6. The highest BCUT2D eigenvalue weighted by Crippen LogP contribution is 2.08. The first-order valence-corrected chi connectivity index (χ1v) is 6.64. The zero-order chi connectivity index (χ0) is 16.5. The van der Waals surface area contributed by atoms with Gasteiger partial charge >= 0.3 is 12.1 Å². The van der Waals surface area contributed by atoms with E-state index >= 15 is 0 Å². The van der Waals surface area contributed by atoms with Gasteiger partial charge in [0.2, 0.25) is 6.54 Å².